The van der Waals surface area contributed by atoms with Gasteiger partial charge in [-0.25, -0.2) is 9.97 Å². The summed E-state index contributed by atoms with van der Waals surface area (Å²) in [4.78, 5) is 38.7. The molecule has 2 N–H and O–H groups in total. The van der Waals surface area contributed by atoms with E-state index in [1.54, 1.807) is 17.7 Å². The summed E-state index contributed by atoms with van der Waals surface area (Å²) in [5.74, 6) is -0.588. The van der Waals surface area contributed by atoms with Crippen LogP contribution in [0.1, 0.15) is 55.1 Å². The molecule has 0 bridgehead atoms. The second kappa shape index (κ2) is 8.94. The van der Waals surface area contributed by atoms with Gasteiger partial charge in [-0.15, -0.1) is 0 Å². The Morgan fingerprint density at radius 1 is 1.26 bits per heavy atom. The summed E-state index contributed by atoms with van der Waals surface area (Å²) in [5.41, 5.74) is 1.43. The standard InChI is InChI=1S/C26H26ClF3N6O2/c1-12-9-19(25(38)34-16-4-3-14(10-15(16)27)26(28,29)30)36-21(12)22(35-8-7-31-17-5-6-18(17)35)23(37)20-24(36)32-11-13(2)33-20/h3-4,10-12,17-19,31H,5-9H2,1-2H3,(H,34,38)/t12-,17-,18-,19-/m0/s1. The summed E-state index contributed by atoms with van der Waals surface area (Å²) >= 11 is 6.11. The van der Waals surface area contributed by atoms with Crippen LogP contribution in [0.15, 0.2) is 29.2 Å². The Kier molecular flexibility index (Phi) is 5.91. The SMILES string of the molecule is Cc1cnc2c(n1)c(=O)c(N1CCN[C@H]3CC[C@@H]31)c1n2[C@H](C(=O)Nc2ccc(C(F)(F)F)cc2Cl)C[C@@H]1C. The normalized spacial score (nSPS) is 24.6. The van der Waals surface area contributed by atoms with E-state index in [-0.39, 0.29) is 33.6 Å². The molecule has 2 fully saturated rings. The number of hydrogen-bond donors (Lipinski definition) is 2. The lowest BCUT2D eigenvalue weighted by molar-refractivity contribution is -0.137. The molecule has 6 rings (SSSR count). The van der Waals surface area contributed by atoms with Gasteiger partial charge in [-0.2, -0.15) is 13.2 Å². The summed E-state index contributed by atoms with van der Waals surface area (Å²) in [7, 11) is 0. The third-order valence-corrected chi connectivity index (χ3v) is 8.24. The number of alkyl halides is 3. The Labute approximate surface area is 221 Å². The number of carbonyl (C=O) groups excluding carboxylic acids is 1. The summed E-state index contributed by atoms with van der Waals surface area (Å²) in [6, 6.07) is 2.59. The number of nitrogens with zero attached hydrogens (tertiary/aromatic N) is 4. The second-order valence-corrected chi connectivity index (χ2v) is 10.8. The zero-order chi connectivity index (χ0) is 26.9. The fourth-order valence-corrected chi connectivity index (χ4v) is 6.24. The van der Waals surface area contributed by atoms with Gasteiger partial charge in [0.2, 0.25) is 11.3 Å². The number of carbonyl (C=O) groups is 1. The molecule has 1 aliphatic carbocycles. The molecule has 200 valence electrons. The van der Waals surface area contributed by atoms with Crippen LogP contribution in [0.3, 0.4) is 0 Å². The Morgan fingerprint density at radius 2 is 2.05 bits per heavy atom. The minimum absolute atomic E-state index is 0.0812. The van der Waals surface area contributed by atoms with E-state index < -0.39 is 23.7 Å². The van der Waals surface area contributed by atoms with Crippen LogP contribution in [0.4, 0.5) is 24.5 Å². The first-order valence-corrected chi connectivity index (χ1v) is 13.0. The van der Waals surface area contributed by atoms with Gasteiger partial charge in [-0.05, 0) is 44.4 Å². The Hall–Kier alpha value is -3.18. The zero-order valence-corrected chi connectivity index (χ0v) is 21.5. The maximum atomic E-state index is 13.9. The Bertz CT molecular complexity index is 1520. The average molecular weight is 547 g/mol. The van der Waals surface area contributed by atoms with Crippen molar-refractivity contribution in [2.45, 2.75) is 63.3 Å². The van der Waals surface area contributed by atoms with Crippen LogP contribution in [0, 0.1) is 6.92 Å². The molecule has 1 amide bonds. The van der Waals surface area contributed by atoms with E-state index >= 15 is 0 Å². The molecule has 0 spiro atoms. The lowest BCUT2D eigenvalue weighted by Crippen LogP contribution is -2.64. The van der Waals surface area contributed by atoms with Crippen molar-refractivity contribution in [1.82, 2.24) is 19.9 Å². The molecule has 4 atom stereocenters. The Morgan fingerprint density at radius 3 is 2.74 bits per heavy atom. The van der Waals surface area contributed by atoms with Gasteiger partial charge < -0.3 is 20.1 Å². The third-order valence-electron chi connectivity index (χ3n) is 7.93. The smallest absolute Gasteiger partial charge is 0.361 e. The molecule has 1 aromatic carbocycles. The van der Waals surface area contributed by atoms with Gasteiger partial charge in [0, 0.05) is 31.1 Å². The molecule has 38 heavy (non-hydrogen) atoms. The second-order valence-electron chi connectivity index (χ2n) is 10.3. The molecule has 4 heterocycles. The maximum Gasteiger partial charge on any atom is 0.416 e. The lowest BCUT2D eigenvalue weighted by atomic mass is 9.82. The van der Waals surface area contributed by atoms with Crippen LogP contribution in [0.25, 0.3) is 11.2 Å². The predicted molar refractivity (Wildman–Crippen MR) is 138 cm³/mol. The lowest BCUT2D eigenvalue weighted by Gasteiger charge is -2.50. The van der Waals surface area contributed by atoms with E-state index in [9.17, 15) is 22.8 Å². The van der Waals surface area contributed by atoms with E-state index in [4.69, 9.17) is 11.6 Å². The van der Waals surface area contributed by atoms with Crippen molar-refractivity contribution in [3.8, 4) is 0 Å². The first-order valence-electron chi connectivity index (χ1n) is 12.6. The van der Waals surface area contributed by atoms with Gasteiger partial charge >= 0.3 is 6.18 Å². The van der Waals surface area contributed by atoms with Gasteiger partial charge in [0.15, 0.2) is 11.2 Å². The number of piperazine rings is 1. The van der Waals surface area contributed by atoms with E-state index in [1.807, 2.05) is 6.92 Å². The molecule has 0 unspecified atom stereocenters. The van der Waals surface area contributed by atoms with Crippen LogP contribution in [-0.2, 0) is 11.0 Å². The van der Waals surface area contributed by atoms with Crippen molar-refractivity contribution >= 4 is 40.0 Å². The molecular weight excluding hydrogens is 521 g/mol. The summed E-state index contributed by atoms with van der Waals surface area (Å²) in [5, 5.41) is 6.00. The van der Waals surface area contributed by atoms with Crippen LogP contribution < -0.4 is 21.0 Å². The third kappa shape index (κ3) is 3.94. The number of rotatable bonds is 3. The first-order chi connectivity index (χ1) is 18.0. The molecule has 3 aromatic rings. The number of aromatic nitrogens is 3. The molecule has 8 nitrogen and oxygen atoms in total. The number of nitrogens with one attached hydrogen (secondary N) is 2. The summed E-state index contributed by atoms with van der Waals surface area (Å²) < 4.78 is 41.0. The molecule has 3 aliphatic rings. The molecule has 1 saturated carbocycles. The molecular formula is C26H26ClF3N6O2. The fourth-order valence-electron chi connectivity index (χ4n) is 6.01. The van der Waals surface area contributed by atoms with Crippen molar-refractivity contribution in [2.24, 2.45) is 0 Å². The highest BCUT2D eigenvalue weighted by Gasteiger charge is 2.44. The topological polar surface area (TPSA) is 92.2 Å². The molecule has 2 aromatic heterocycles. The largest absolute Gasteiger partial charge is 0.416 e. The van der Waals surface area contributed by atoms with E-state index in [2.05, 4.69) is 25.5 Å². The highest BCUT2D eigenvalue weighted by atomic mass is 35.5. The van der Waals surface area contributed by atoms with E-state index in [0.29, 0.717) is 36.0 Å². The number of hydrogen-bond acceptors (Lipinski definition) is 6. The van der Waals surface area contributed by atoms with Crippen molar-refractivity contribution in [3.63, 3.8) is 0 Å². The number of fused-ring (bicyclic) bond motifs is 4. The highest BCUT2D eigenvalue weighted by molar-refractivity contribution is 6.33. The first kappa shape index (κ1) is 25.1. The fraction of sp³-hybridized carbons (Fsp3) is 0.462. The summed E-state index contributed by atoms with van der Waals surface area (Å²) in [6.07, 6.45) is -0.574. The van der Waals surface area contributed by atoms with Crippen molar-refractivity contribution in [3.05, 3.63) is 56.6 Å². The number of amides is 1. The van der Waals surface area contributed by atoms with Crippen molar-refractivity contribution < 1.29 is 18.0 Å². The van der Waals surface area contributed by atoms with Gasteiger partial charge in [-0.1, -0.05) is 18.5 Å². The monoisotopic (exact) mass is 546 g/mol. The highest BCUT2D eigenvalue weighted by Crippen LogP contribution is 2.44. The van der Waals surface area contributed by atoms with Gasteiger partial charge in [0.05, 0.1) is 33.9 Å². The van der Waals surface area contributed by atoms with Gasteiger partial charge in [0.1, 0.15) is 11.7 Å². The van der Waals surface area contributed by atoms with Gasteiger partial charge in [0.25, 0.3) is 0 Å². The van der Waals surface area contributed by atoms with Crippen LogP contribution in [0.5, 0.6) is 0 Å². The number of halogens is 4. The molecule has 2 aliphatic heterocycles. The maximum absolute atomic E-state index is 13.9. The number of aryl methyl sites for hydroxylation is 1. The predicted octanol–water partition coefficient (Wildman–Crippen LogP) is 4.40. The minimum Gasteiger partial charge on any atom is -0.361 e. The van der Waals surface area contributed by atoms with E-state index in [1.165, 1.54) is 0 Å². The number of pyridine rings is 1. The van der Waals surface area contributed by atoms with Crippen LogP contribution in [-0.4, -0.2) is 45.6 Å². The molecule has 1 saturated heterocycles. The van der Waals surface area contributed by atoms with E-state index in [0.717, 1.165) is 43.3 Å². The zero-order valence-electron chi connectivity index (χ0n) is 20.8. The quantitative estimate of drug-likeness (QED) is 0.506. The van der Waals surface area contributed by atoms with Gasteiger partial charge in [-0.3, -0.25) is 9.59 Å². The number of anilines is 2. The minimum atomic E-state index is -4.55. The number of benzene rings is 1. The molecule has 0 radical (unpaired) electrons. The summed E-state index contributed by atoms with van der Waals surface area (Å²) in [6.45, 7) is 5.15. The van der Waals surface area contributed by atoms with Crippen LogP contribution >= 0.6 is 11.6 Å². The van der Waals surface area contributed by atoms with Crippen LogP contribution in [0.2, 0.25) is 5.02 Å². The van der Waals surface area contributed by atoms with Crippen molar-refractivity contribution in [2.75, 3.05) is 23.3 Å². The average Bonchev–Trinajstić information content (AvgIpc) is 3.18. The Balaban J connectivity index is 1.45. The molecule has 12 heteroatoms. The van der Waals surface area contributed by atoms with Crippen molar-refractivity contribution in [1.29, 1.82) is 0 Å².